The summed E-state index contributed by atoms with van der Waals surface area (Å²) in [6, 6.07) is 6.52. The summed E-state index contributed by atoms with van der Waals surface area (Å²) in [6.07, 6.45) is 0.493. The molecular weight excluding hydrogens is 408 g/mol. The van der Waals surface area contributed by atoms with Crippen molar-refractivity contribution in [3.05, 3.63) is 88.5 Å². The largest absolute Gasteiger partial charge is 0.483 e. The van der Waals surface area contributed by atoms with Crippen LogP contribution in [0, 0.1) is 34.9 Å². The molecule has 0 amide bonds. The average molecular weight is 425 g/mol. The Morgan fingerprint density at radius 3 is 1.93 bits per heavy atom. The fourth-order valence-corrected chi connectivity index (χ4v) is 2.92. The van der Waals surface area contributed by atoms with Gasteiger partial charge < -0.3 is 10.5 Å². The summed E-state index contributed by atoms with van der Waals surface area (Å²) in [7, 11) is 0. The topological polar surface area (TPSA) is 35.2 Å². The van der Waals surface area contributed by atoms with E-state index in [0.29, 0.717) is 18.6 Å². The van der Waals surface area contributed by atoms with Gasteiger partial charge in [-0.05, 0) is 53.4 Å². The summed E-state index contributed by atoms with van der Waals surface area (Å²) in [5.41, 5.74) is 5.90. The Hall–Kier alpha value is -3.00. The molecule has 0 fully saturated rings. The van der Waals surface area contributed by atoms with E-state index >= 15 is 0 Å². The summed E-state index contributed by atoms with van der Waals surface area (Å²) < 4.78 is 87.8. The average Bonchev–Trinajstić information content (AvgIpc) is 2.70. The zero-order chi connectivity index (χ0) is 22.0. The number of rotatable bonds is 6. The smallest absolute Gasteiger partial charge is 0.194 e. The number of nitrogens with two attached hydrogens (primary N) is 1. The van der Waals surface area contributed by atoms with Gasteiger partial charge in [0.25, 0.3) is 0 Å². The van der Waals surface area contributed by atoms with Gasteiger partial charge in [-0.2, -0.15) is 0 Å². The highest BCUT2D eigenvalue weighted by atomic mass is 19.2. The van der Waals surface area contributed by atoms with Crippen molar-refractivity contribution >= 4 is 0 Å². The normalized spacial score (nSPS) is 12.1. The lowest BCUT2D eigenvalue weighted by Crippen LogP contribution is -2.10. The molecule has 3 aromatic rings. The Balaban J connectivity index is 1.80. The summed E-state index contributed by atoms with van der Waals surface area (Å²) in [6.45, 7) is 1.41. The molecule has 2 nitrogen and oxygen atoms in total. The van der Waals surface area contributed by atoms with Crippen LogP contribution in [-0.4, -0.2) is 0 Å². The first kappa shape index (κ1) is 21.7. The molecule has 0 saturated heterocycles. The molecule has 0 heterocycles. The van der Waals surface area contributed by atoms with Gasteiger partial charge in [-0.25, -0.2) is 26.3 Å². The lowest BCUT2D eigenvalue weighted by Gasteiger charge is -2.14. The van der Waals surface area contributed by atoms with Crippen LogP contribution in [0.2, 0.25) is 0 Å². The predicted molar refractivity (Wildman–Crippen MR) is 99.6 cm³/mol. The first-order valence-electron chi connectivity index (χ1n) is 9.02. The van der Waals surface area contributed by atoms with E-state index in [0.717, 1.165) is 18.2 Å². The second kappa shape index (κ2) is 8.79. The van der Waals surface area contributed by atoms with Gasteiger partial charge in [0.1, 0.15) is 12.4 Å². The van der Waals surface area contributed by atoms with Crippen molar-refractivity contribution in [3.63, 3.8) is 0 Å². The van der Waals surface area contributed by atoms with Gasteiger partial charge in [-0.15, -0.1) is 0 Å². The second-order valence-corrected chi connectivity index (χ2v) is 6.69. The SMILES string of the molecule is CCC(N)c1cc(F)c(OCc2ccc(-c3cc(F)c(F)c(F)c3)c(F)c2)c(F)c1. The quantitative estimate of drug-likeness (QED) is 0.378. The maximum absolute atomic E-state index is 14.4. The molecule has 0 spiro atoms. The maximum atomic E-state index is 14.4. The molecule has 1 atom stereocenters. The highest BCUT2D eigenvalue weighted by Gasteiger charge is 2.17. The summed E-state index contributed by atoms with van der Waals surface area (Å²) in [5.74, 6) is -7.94. The molecule has 3 rings (SSSR count). The molecular formula is C22H17F6NO. The molecule has 1 unspecified atom stereocenters. The van der Waals surface area contributed by atoms with Gasteiger partial charge in [0.2, 0.25) is 0 Å². The van der Waals surface area contributed by atoms with Crippen LogP contribution < -0.4 is 10.5 Å². The molecule has 0 saturated carbocycles. The highest BCUT2D eigenvalue weighted by molar-refractivity contribution is 5.64. The van der Waals surface area contributed by atoms with E-state index in [2.05, 4.69) is 0 Å². The Morgan fingerprint density at radius 1 is 0.800 bits per heavy atom. The van der Waals surface area contributed by atoms with Crippen LogP contribution in [0.1, 0.15) is 30.5 Å². The van der Waals surface area contributed by atoms with Crippen LogP contribution >= 0.6 is 0 Å². The third kappa shape index (κ3) is 4.43. The lowest BCUT2D eigenvalue weighted by molar-refractivity contribution is 0.273. The number of hydrogen-bond acceptors (Lipinski definition) is 2. The van der Waals surface area contributed by atoms with E-state index in [1.54, 1.807) is 6.92 Å². The molecule has 0 radical (unpaired) electrons. The Morgan fingerprint density at radius 2 is 1.40 bits per heavy atom. The minimum Gasteiger partial charge on any atom is -0.483 e. The monoisotopic (exact) mass is 425 g/mol. The van der Waals surface area contributed by atoms with E-state index < -0.39 is 46.7 Å². The lowest BCUT2D eigenvalue weighted by atomic mass is 10.0. The van der Waals surface area contributed by atoms with Gasteiger partial charge in [0.15, 0.2) is 34.8 Å². The summed E-state index contributed by atoms with van der Waals surface area (Å²) in [4.78, 5) is 0. The van der Waals surface area contributed by atoms with Crippen molar-refractivity contribution < 1.29 is 31.1 Å². The zero-order valence-corrected chi connectivity index (χ0v) is 15.8. The van der Waals surface area contributed by atoms with Gasteiger partial charge in [0.05, 0.1) is 0 Å². The van der Waals surface area contributed by atoms with Crippen molar-refractivity contribution in [1.82, 2.24) is 0 Å². The van der Waals surface area contributed by atoms with Crippen molar-refractivity contribution in [3.8, 4) is 16.9 Å². The molecule has 0 aliphatic heterocycles. The van der Waals surface area contributed by atoms with Crippen LogP contribution in [0.3, 0.4) is 0 Å². The fraction of sp³-hybridized carbons (Fsp3) is 0.182. The van der Waals surface area contributed by atoms with Crippen molar-refractivity contribution in [2.24, 2.45) is 5.73 Å². The third-order valence-corrected chi connectivity index (χ3v) is 4.60. The molecule has 0 bridgehead atoms. The van der Waals surface area contributed by atoms with Crippen LogP contribution in [0.4, 0.5) is 26.3 Å². The van der Waals surface area contributed by atoms with Crippen molar-refractivity contribution in [1.29, 1.82) is 0 Å². The number of hydrogen-bond donors (Lipinski definition) is 1. The van der Waals surface area contributed by atoms with Crippen LogP contribution in [0.15, 0.2) is 42.5 Å². The molecule has 0 aromatic heterocycles. The minimum absolute atomic E-state index is 0.174. The summed E-state index contributed by atoms with van der Waals surface area (Å²) in [5, 5.41) is 0. The van der Waals surface area contributed by atoms with E-state index in [1.165, 1.54) is 12.1 Å². The fourth-order valence-electron chi connectivity index (χ4n) is 2.92. The van der Waals surface area contributed by atoms with E-state index in [1.807, 2.05) is 0 Å². The highest BCUT2D eigenvalue weighted by Crippen LogP contribution is 2.29. The van der Waals surface area contributed by atoms with Gasteiger partial charge in [-0.3, -0.25) is 0 Å². The molecule has 0 aliphatic rings. The van der Waals surface area contributed by atoms with E-state index in [-0.39, 0.29) is 28.9 Å². The van der Waals surface area contributed by atoms with Gasteiger partial charge >= 0.3 is 0 Å². The van der Waals surface area contributed by atoms with Crippen molar-refractivity contribution in [2.75, 3.05) is 0 Å². The summed E-state index contributed by atoms with van der Waals surface area (Å²) >= 11 is 0. The maximum Gasteiger partial charge on any atom is 0.194 e. The number of benzene rings is 3. The Kier molecular flexibility index (Phi) is 6.36. The van der Waals surface area contributed by atoms with Gasteiger partial charge in [0, 0.05) is 11.6 Å². The van der Waals surface area contributed by atoms with E-state index in [4.69, 9.17) is 10.5 Å². The Labute approximate surface area is 168 Å². The van der Waals surface area contributed by atoms with Crippen molar-refractivity contribution in [2.45, 2.75) is 26.0 Å². The van der Waals surface area contributed by atoms with Crippen LogP contribution in [0.25, 0.3) is 11.1 Å². The molecule has 30 heavy (non-hydrogen) atoms. The van der Waals surface area contributed by atoms with Gasteiger partial charge in [-0.1, -0.05) is 19.1 Å². The van der Waals surface area contributed by atoms with E-state index in [9.17, 15) is 26.3 Å². The molecule has 158 valence electrons. The molecule has 8 heteroatoms. The third-order valence-electron chi connectivity index (χ3n) is 4.60. The van der Waals surface area contributed by atoms with Crippen LogP contribution in [-0.2, 0) is 6.61 Å². The first-order valence-corrected chi connectivity index (χ1v) is 9.02. The zero-order valence-electron chi connectivity index (χ0n) is 15.8. The molecule has 0 aliphatic carbocycles. The second-order valence-electron chi connectivity index (χ2n) is 6.69. The predicted octanol–water partition coefficient (Wildman–Crippen LogP) is 6.18. The number of halogens is 6. The first-order chi connectivity index (χ1) is 14.2. The molecule has 3 aromatic carbocycles. The minimum atomic E-state index is -1.65. The standard InChI is InChI=1S/C22H17F6NO/c1-2-20(29)13-8-18(26)22(19(27)9-13)30-10-11-3-4-14(15(23)5-11)12-6-16(24)21(28)17(25)7-12/h3-9,20H,2,10,29H2,1H3. The Bertz CT molecular complexity index is 1040. The number of ether oxygens (including phenoxy) is 1. The van der Waals surface area contributed by atoms with Crippen LogP contribution in [0.5, 0.6) is 5.75 Å². The molecule has 2 N–H and O–H groups in total.